The zero-order valence-corrected chi connectivity index (χ0v) is 16.4. The molecule has 1 N–H and O–H groups in total. The summed E-state index contributed by atoms with van der Waals surface area (Å²) in [4.78, 5) is 14.1. The van der Waals surface area contributed by atoms with E-state index in [1.807, 2.05) is 18.2 Å². The van der Waals surface area contributed by atoms with Crippen molar-refractivity contribution >= 4 is 5.97 Å². The first kappa shape index (κ1) is 19.4. The minimum Gasteiger partial charge on any atom is -0.497 e. The van der Waals surface area contributed by atoms with E-state index in [0.717, 1.165) is 36.3 Å². The van der Waals surface area contributed by atoms with Gasteiger partial charge in [0.15, 0.2) is 0 Å². The summed E-state index contributed by atoms with van der Waals surface area (Å²) in [6.07, 6.45) is 2.68. The van der Waals surface area contributed by atoms with Crippen molar-refractivity contribution in [2.45, 2.75) is 51.1 Å². The van der Waals surface area contributed by atoms with Gasteiger partial charge in [0.25, 0.3) is 0 Å². The Kier molecular flexibility index (Phi) is 6.17. The van der Waals surface area contributed by atoms with Crippen LogP contribution in [0.3, 0.4) is 0 Å². The number of carboxylic acids is 1. The normalized spacial score (nSPS) is 19.0. The second-order valence-electron chi connectivity index (χ2n) is 7.59. The van der Waals surface area contributed by atoms with Gasteiger partial charge in [-0.25, -0.2) is 0 Å². The molecule has 0 bridgehead atoms. The van der Waals surface area contributed by atoms with Crippen LogP contribution < -0.4 is 4.74 Å². The number of aliphatic carboxylic acids is 1. The van der Waals surface area contributed by atoms with E-state index >= 15 is 0 Å². The van der Waals surface area contributed by atoms with Crippen LogP contribution in [0.1, 0.15) is 61.8 Å². The Hall–Kier alpha value is -2.33. The van der Waals surface area contributed by atoms with Crippen LogP contribution in [0, 0.1) is 0 Å². The van der Waals surface area contributed by atoms with Gasteiger partial charge in [0.1, 0.15) is 11.8 Å². The van der Waals surface area contributed by atoms with Crippen molar-refractivity contribution in [1.82, 2.24) is 4.90 Å². The summed E-state index contributed by atoms with van der Waals surface area (Å²) in [5, 5.41) is 9.80. The third-order valence-electron chi connectivity index (χ3n) is 5.49. The van der Waals surface area contributed by atoms with E-state index < -0.39 is 12.0 Å². The molecule has 0 radical (unpaired) electrons. The molecule has 0 spiro atoms. The monoisotopic (exact) mass is 367 g/mol. The maximum absolute atomic E-state index is 11.9. The second kappa shape index (κ2) is 8.57. The van der Waals surface area contributed by atoms with E-state index in [2.05, 4.69) is 49.1 Å². The number of likely N-dealkylation sites (tertiary alicyclic amines) is 1. The van der Waals surface area contributed by atoms with E-state index in [1.165, 1.54) is 5.56 Å². The lowest BCUT2D eigenvalue weighted by atomic mass is 9.90. The number of benzene rings is 2. The van der Waals surface area contributed by atoms with Gasteiger partial charge in [-0.05, 0) is 54.1 Å². The highest BCUT2D eigenvalue weighted by molar-refractivity contribution is 5.73. The Morgan fingerprint density at radius 2 is 1.78 bits per heavy atom. The summed E-state index contributed by atoms with van der Waals surface area (Å²) in [6.45, 7) is 5.14. The molecule has 2 atom stereocenters. The van der Waals surface area contributed by atoms with Gasteiger partial charge in [0, 0.05) is 0 Å². The topological polar surface area (TPSA) is 49.8 Å². The van der Waals surface area contributed by atoms with Crippen molar-refractivity contribution in [3.8, 4) is 5.75 Å². The molecule has 1 aliphatic heterocycles. The highest BCUT2D eigenvalue weighted by Crippen LogP contribution is 2.36. The number of hydrogen-bond donors (Lipinski definition) is 1. The summed E-state index contributed by atoms with van der Waals surface area (Å²) in [5.74, 6) is 0.526. The number of carbonyl (C=O) groups is 1. The summed E-state index contributed by atoms with van der Waals surface area (Å²) in [7, 11) is 1.66. The number of nitrogens with zero attached hydrogens (tertiary/aromatic N) is 1. The van der Waals surface area contributed by atoms with Gasteiger partial charge in [-0.2, -0.15) is 0 Å². The molecular weight excluding hydrogens is 338 g/mol. The van der Waals surface area contributed by atoms with Crippen LogP contribution in [-0.2, 0) is 4.79 Å². The summed E-state index contributed by atoms with van der Waals surface area (Å²) >= 11 is 0. The van der Waals surface area contributed by atoms with Crippen molar-refractivity contribution in [2.24, 2.45) is 0 Å². The molecule has 27 heavy (non-hydrogen) atoms. The quantitative estimate of drug-likeness (QED) is 0.793. The maximum Gasteiger partial charge on any atom is 0.320 e. The van der Waals surface area contributed by atoms with E-state index in [0.29, 0.717) is 12.3 Å². The first-order valence-corrected chi connectivity index (χ1v) is 9.73. The summed E-state index contributed by atoms with van der Waals surface area (Å²) < 4.78 is 5.42. The molecule has 1 saturated heterocycles. The van der Waals surface area contributed by atoms with Crippen molar-refractivity contribution in [1.29, 1.82) is 0 Å². The molecule has 1 aliphatic rings. The smallest absolute Gasteiger partial charge is 0.320 e. The Bertz CT molecular complexity index is 769. The Morgan fingerprint density at radius 1 is 1.07 bits per heavy atom. The van der Waals surface area contributed by atoms with E-state index in [4.69, 9.17) is 4.74 Å². The molecular formula is C23H29NO3. The standard InChI is InChI=1S/C23H29NO3/c1-16(2)17-10-12-18(13-11-17)22(19-7-6-8-20(15-19)27-3)24-14-5-4-9-21(24)23(25)26/h6-8,10-13,15-16,21-22H,4-5,9,14H2,1-3H3,(H,25,26). The highest BCUT2D eigenvalue weighted by Gasteiger charge is 2.35. The van der Waals surface area contributed by atoms with Crippen LogP contribution in [-0.4, -0.2) is 35.7 Å². The van der Waals surface area contributed by atoms with Gasteiger partial charge in [-0.15, -0.1) is 0 Å². The zero-order chi connectivity index (χ0) is 19.4. The lowest BCUT2D eigenvalue weighted by Gasteiger charge is -2.39. The lowest BCUT2D eigenvalue weighted by molar-refractivity contribution is -0.145. The fourth-order valence-corrected chi connectivity index (χ4v) is 3.98. The predicted molar refractivity (Wildman–Crippen MR) is 107 cm³/mol. The molecule has 0 saturated carbocycles. The number of rotatable bonds is 6. The molecule has 144 valence electrons. The molecule has 0 aliphatic carbocycles. The van der Waals surface area contributed by atoms with E-state index in [-0.39, 0.29) is 6.04 Å². The molecule has 2 aromatic rings. The maximum atomic E-state index is 11.9. The predicted octanol–water partition coefficient (Wildman–Crippen LogP) is 4.85. The van der Waals surface area contributed by atoms with E-state index in [9.17, 15) is 9.90 Å². The summed E-state index contributed by atoms with van der Waals surface area (Å²) in [6, 6.07) is 16.0. The molecule has 4 heteroatoms. The van der Waals surface area contributed by atoms with Gasteiger partial charge in [-0.1, -0.05) is 56.7 Å². The van der Waals surface area contributed by atoms with Crippen molar-refractivity contribution < 1.29 is 14.6 Å². The number of ether oxygens (including phenoxy) is 1. The van der Waals surface area contributed by atoms with Gasteiger partial charge in [0.05, 0.1) is 13.2 Å². The average Bonchev–Trinajstić information content (AvgIpc) is 2.69. The van der Waals surface area contributed by atoms with Crippen molar-refractivity contribution in [3.63, 3.8) is 0 Å². The van der Waals surface area contributed by atoms with Gasteiger partial charge >= 0.3 is 5.97 Å². The first-order chi connectivity index (χ1) is 13.0. The Labute approximate surface area is 161 Å². The van der Waals surface area contributed by atoms with Crippen molar-refractivity contribution in [2.75, 3.05) is 13.7 Å². The van der Waals surface area contributed by atoms with Crippen LogP contribution in [0.5, 0.6) is 5.75 Å². The van der Waals surface area contributed by atoms with Gasteiger partial charge < -0.3 is 9.84 Å². The Morgan fingerprint density at radius 3 is 2.41 bits per heavy atom. The molecule has 2 unspecified atom stereocenters. The lowest BCUT2D eigenvalue weighted by Crippen LogP contribution is -2.46. The molecule has 1 fully saturated rings. The van der Waals surface area contributed by atoms with Crippen LogP contribution >= 0.6 is 0 Å². The number of methoxy groups -OCH3 is 1. The van der Waals surface area contributed by atoms with E-state index in [1.54, 1.807) is 7.11 Å². The largest absolute Gasteiger partial charge is 0.497 e. The number of piperidine rings is 1. The van der Waals surface area contributed by atoms with Gasteiger partial charge in [0.2, 0.25) is 0 Å². The first-order valence-electron chi connectivity index (χ1n) is 9.73. The van der Waals surface area contributed by atoms with Crippen LogP contribution in [0.2, 0.25) is 0 Å². The van der Waals surface area contributed by atoms with Crippen LogP contribution in [0.15, 0.2) is 48.5 Å². The SMILES string of the molecule is COc1cccc(C(c2ccc(C(C)C)cc2)N2CCCCC2C(=O)O)c1. The minimum atomic E-state index is -0.735. The molecule has 3 rings (SSSR count). The van der Waals surface area contributed by atoms with Crippen LogP contribution in [0.25, 0.3) is 0 Å². The second-order valence-corrected chi connectivity index (χ2v) is 7.59. The fourth-order valence-electron chi connectivity index (χ4n) is 3.98. The molecule has 0 amide bonds. The average molecular weight is 367 g/mol. The van der Waals surface area contributed by atoms with Crippen molar-refractivity contribution in [3.05, 3.63) is 65.2 Å². The fraction of sp³-hybridized carbons (Fsp3) is 0.435. The minimum absolute atomic E-state index is 0.0947. The third kappa shape index (κ3) is 4.33. The van der Waals surface area contributed by atoms with Crippen LogP contribution in [0.4, 0.5) is 0 Å². The Balaban J connectivity index is 2.06. The van der Waals surface area contributed by atoms with Gasteiger partial charge in [-0.3, -0.25) is 9.69 Å². The summed E-state index contributed by atoms with van der Waals surface area (Å²) in [5.41, 5.74) is 3.48. The molecule has 2 aromatic carbocycles. The molecule has 4 nitrogen and oxygen atoms in total. The number of hydrogen-bond acceptors (Lipinski definition) is 3. The third-order valence-corrected chi connectivity index (χ3v) is 5.49. The highest BCUT2D eigenvalue weighted by atomic mass is 16.5. The molecule has 0 aromatic heterocycles. The molecule has 1 heterocycles. The number of carboxylic acid groups (broad SMARTS) is 1. The zero-order valence-electron chi connectivity index (χ0n) is 16.4.